The maximum absolute atomic E-state index is 12.9. The first-order valence-corrected chi connectivity index (χ1v) is 32.8. The maximum atomic E-state index is 12.9. The third-order valence-corrected chi connectivity index (χ3v) is 14.8. The number of unbranched alkanes of at least 4 members (excludes halogenated alkanes) is 31. The summed E-state index contributed by atoms with van der Waals surface area (Å²) in [4.78, 5) is 71.4. The van der Waals surface area contributed by atoms with Gasteiger partial charge in [-0.05, 0) is 25.7 Å². The topological polar surface area (TPSA) is 237 Å². The molecule has 0 spiro atoms. The molecule has 0 rings (SSSR count). The molecule has 0 aromatic carbocycles. The second kappa shape index (κ2) is 51.5. The van der Waals surface area contributed by atoms with Crippen molar-refractivity contribution in [3.05, 3.63) is 0 Å². The number of carbonyl (C=O) groups excluding carboxylic acids is 4. The molecule has 17 nitrogen and oxygen atoms in total. The normalized spacial score (nSPS) is 14.4. The molecule has 19 heteroatoms. The highest BCUT2D eigenvalue weighted by atomic mass is 31.2. The van der Waals surface area contributed by atoms with Gasteiger partial charge in [0.2, 0.25) is 0 Å². The van der Waals surface area contributed by atoms with E-state index >= 15 is 0 Å². The van der Waals surface area contributed by atoms with Crippen LogP contribution in [0, 0.1) is 0 Å². The minimum absolute atomic E-state index is 0.102. The summed E-state index contributed by atoms with van der Waals surface area (Å²) in [5, 5.41) is 10.4. The van der Waals surface area contributed by atoms with E-state index in [0.29, 0.717) is 25.7 Å². The molecule has 0 aromatic heterocycles. The summed E-state index contributed by atoms with van der Waals surface area (Å²) in [6, 6.07) is 0. The lowest BCUT2D eigenvalue weighted by molar-refractivity contribution is -0.161. The van der Waals surface area contributed by atoms with Crippen LogP contribution < -0.4 is 0 Å². The third kappa shape index (κ3) is 51.3. The molecule has 444 valence electrons. The molecule has 0 bridgehead atoms. The van der Waals surface area contributed by atoms with Crippen molar-refractivity contribution in [2.45, 2.75) is 296 Å². The average molecular weight is 1120 g/mol. The van der Waals surface area contributed by atoms with Crippen LogP contribution in [-0.2, 0) is 65.4 Å². The summed E-state index contributed by atoms with van der Waals surface area (Å²) in [5.41, 5.74) is 0. The predicted molar refractivity (Wildman–Crippen MR) is 294 cm³/mol. The van der Waals surface area contributed by atoms with Crippen LogP contribution in [0.5, 0.6) is 0 Å². The Hall–Kier alpha value is -1.94. The van der Waals surface area contributed by atoms with Crippen LogP contribution >= 0.6 is 15.6 Å². The average Bonchev–Trinajstić information content (AvgIpc) is 3.38. The number of aliphatic hydroxyl groups excluding tert-OH is 1. The number of hydrogen-bond acceptors (Lipinski definition) is 15. The van der Waals surface area contributed by atoms with Crippen LogP contribution in [0.15, 0.2) is 0 Å². The Kier molecular flexibility index (Phi) is 50.2. The van der Waals surface area contributed by atoms with Gasteiger partial charge in [0.15, 0.2) is 12.2 Å². The van der Waals surface area contributed by atoms with Crippen molar-refractivity contribution < 1.29 is 80.2 Å². The SMILES string of the molecule is CCCCCCCCCCCCCCCCCC(=O)OC[C@H](COP(=O)(O)OC[C@@H](O)COP(=O)(O)OC[C@@H](COC(=O)CCCCCCCCC)OC(=O)CCCCCCCC)OC(=O)CCCCCCCCC. The largest absolute Gasteiger partial charge is 0.472 e. The highest BCUT2D eigenvalue weighted by Gasteiger charge is 2.30. The summed E-state index contributed by atoms with van der Waals surface area (Å²) in [6.45, 7) is 4.69. The smallest absolute Gasteiger partial charge is 0.462 e. The fourth-order valence-electron chi connectivity index (χ4n) is 8.22. The molecule has 0 amide bonds. The van der Waals surface area contributed by atoms with E-state index in [2.05, 4.69) is 27.7 Å². The molecule has 2 unspecified atom stereocenters. The number of rotatable bonds is 57. The first kappa shape index (κ1) is 73.1. The lowest BCUT2D eigenvalue weighted by atomic mass is 10.0. The van der Waals surface area contributed by atoms with E-state index in [4.69, 9.17) is 37.0 Å². The first-order chi connectivity index (χ1) is 36.2. The summed E-state index contributed by atoms with van der Waals surface area (Å²) in [6.07, 6.45) is 34.0. The molecule has 0 aliphatic rings. The fraction of sp³-hybridized carbons (Fsp3) is 0.929. The van der Waals surface area contributed by atoms with Gasteiger partial charge in [0.25, 0.3) is 0 Å². The van der Waals surface area contributed by atoms with Gasteiger partial charge >= 0.3 is 39.5 Å². The Morgan fingerprint density at radius 3 is 0.787 bits per heavy atom. The van der Waals surface area contributed by atoms with Crippen molar-refractivity contribution in [3.63, 3.8) is 0 Å². The number of aliphatic hydroxyl groups is 1. The molecule has 0 aliphatic heterocycles. The van der Waals surface area contributed by atoms with Crippen molar-refractivity contribution >= 4 is 39.5 Å². The monoisotopic (exact) mass is 1110 g/mol. The van der Waals surface area contributed by atoms with Gasteiger partial charge in [-0.3, -0.25) is 37.3 Å². The van der Waals surface area contributed by atoms with Crippen LogP contribution in [0.3, 0.4) is 0 Å². The highest BCUT2D eigenvalue weighted by molar-refractivity contribution is 7.47. The van der Waals surface area contributed by atoms with Crippen LogP contribution in [0.2, 0.25) is 0 Å². The lowest BCUT2D eigenvalue weighted by Crippen LogP contribution is -2.30. The third-order valence-electron chi connectivity index (χ3n) is 12.9. The van der Waals surface area contributed by atoms with E-state index in [0.717, 1.165) is 122 Å². The Bertz CT molecular complexity index is 1470. The molecule has 0 saturated carbocycles. The van der Waals surface area contributed by atoms with E-state index in [1.54, 1.807) is 0 Å². The standard InChI is InChI=1S/C56H108O17P2/c1-5-9-13-17-21-22-23-24-25-26-27-28-31-34-37-41-54(59)67-47-52(73-56(61)43-39-35-30-19-15-11-7-3)49-71-75(64,65)69-45-50(57)44-68-74(62,63)70-48-51(72-55(60)42-38-32-20-16-12-8-4)46-66-53(58)40-36-33-29-18-14-10-6-2/h50-52,57H,5-49H2,1-4H3,(H,62,63)(H,64,65)/t50-,51+,52+/m0/s1. The van der Waals surface area contributed by atoms with Crippen LogP contribution in [0.1, 0.15) is 278 Å². The van der Waals surface area contributed by atoms with E-state index in [1.807, 2.05) is 0 Å². The van der Waals surface area contributed by atoms with Gasteiger partial charge in [-0.25, -0.2) is 9.13 Å². The fourth-order valence-corrected chi connectivity index (χ4v) is 9.80. The van der Waals surface area contributed by atoms with Gasteiger partial charge in [-0.2, -0.15) is 0 Å². The number of hydrogen-bond donors (Lipinski definition) is 3. The number of phosphoric ester groups is 2. The summed E-state index contributed by atoms with van der Waals surface area (Å²) < 4.78 is 67.3. The van der Waals surface area contributed by atoms with Crippen molar-refractivity contribution in [1.82, 2.24) is 0 Å². The molecule has 0 aliphatic carbocycles. The van der Waals surface area contributed by atoms with E-state index in [-0.39, 0.29) is 25.7 Å². The predicted octanol–water partition coefficient (Wildman–Crippen LogP) is 14.8. The van der Waals surface area contributed by atoms with E-state index in [9.17, 15) is 43.2 Å². The van der Waals surface area contributed by atoms with Crippen LogP contribution in [-0.4, -0.2) is 96.7 Å². The van der Waals surface area contributed by atoms with Crippen LogP contribution in [0.4, 0.5) is 0 Å². The molecule has 0 radical (unpaired) electrons. The molecule has 5 atom stereocenters. The molecule has 75 heavy (non-hydrogen) atoms. The zero-order valence-electron chi connectivity index (χ0n) is 47.5. The number of carbonyl (C=O) groups is 4. The Balaban J connectivity index is 5.07. The van der Waals surface area contributed by atoms with E-state index < -0.39 is 97.5 Å². The summed E-state index contributed by atoms with van der Waals surface area (Å²) >= 11 is 0. The number of esters is 4. The molecular weight excluding hydrogens is 1010 g/mol. The van der Waals surface area contributed by atoms with E-state index in [1.165, 1.54) is 77.0 Å². The van der Waals surface area contributed by atoms with Gasteiger partial charge in [0.05, 0.1) is 26.4 Å². The Morgan fingerprint density at radius 1 is 0.320 bits per heavy atom. The van der Waals surface area contributed by atoms with Gasteiger partial charge in [0.1, 0.15) is 19.3 Å². The van der Waals surface area contributed by atoms with Crippen LogP contribution in [0.25, 0.3) is 0 Å². The highest BCUT2D eigenvalue weighted by Crippen LogP contribution is 2.45. The summed E-state index contributed by atoms with van der Waals surface area (Å²) in [5.74, 6) is -2.16. The van der Waals surface area contributed by atoms with Gasteiger partial charge in [0, 0.05) is 25.7 Å². The zero-order chi connectivity index (χ0) is 55.5. The van der Waals surface area contributed by atoms with Gasteiger partial charge in [-0.15, -0.1) is 0 Å². The zero-order valence-corrected chi connectivity index (χ0v) is 49.3. The minimum atomic E-state index is -4.93. The Morgan fingerprint density at radius 2 is 0.533 bits per heavy atom. The molecule has 0 aromatic rings. The van der Waals surface area contributed by atoms with Gasteiger partial charge in [-0.1, -0.05) is 227 Å². The van der Waals surface area contributed by atoms with Crippen molar-refractivity contribution in [1.29, 1.82) is 0 Å². The summed E-state index contributed by atoms with van der Waals surface area (Å²) in [7, 11) is -9.85. The lowest BCUT2D eigenvalue weighted by Gasteiger charge is -2.21. The van der Waals surface area contributed by atoms with Gasteiger partial charge < -0.3 is 33.8 Å². The maximum Gasteiger partial charge on any atom is 0.472 e. The molecule has 3 N–H and O–H groups in total. The first-order valence-electron chi connectivity index (χ1n) is 29.8. The molecule has 0 saturated heterocycles. The second-order valence-electron chi connectivity index (χ2n) is 20.3. The van der Waals surface area contributed by atoms with Crippen molar-refractivity contribution in [3.8, 4) is 0 Å². The molecule has 0 heterocycles. The minimum Gasteiger partial charge on any atom is -0.462 e. The van der Waals surface area contributed by atoms with Crippen molar-refractivity contribution in [2.24, 2.45) is 0 Å². The second-order valence-corrected chi connectivity index (χ2v) is 23.2. The molecular formula is C56H108O17P2. The number of ether oxygens (including phenoxy) is 4. The Labute approximate surface area is 454 Å². The molecule has 0 fully saturated rings. The van der Waals surface area contributed by atoms with Crippen molar-refractivity contribution in [2.75, 3.05) is 39.6 Å². The number of phosphoric acid groups is 2. The quantitative estimate of drug-likeness (QED) is 0.0222.